The van der Waals surface area contributed by atoms with Gasteiger partial charge in [0.05, 0.1) is 33.2 Å². The van der Waals surface area contributed by atoms with Crippen LogP contribution in [0.3, 0.4) is 0 Å². The van der Waals surface area contributed by atoms with E-state index in [4.69, 9.17) is 16.6 Å². The van der Waals surface area contributed by atoms with Crippen molar-refractivity contribution in [1.29, 1.82) is 0 Å². The van der Waals surface area contributed by atoms with Crippen molar-refractivity contribution >= 4 is 28.4 Å². The molecular formula is C28H28ClN3O2. The van der Waals surface area contributed by atoms with E-state index in [1.54, 1.807) is 39.8 Å². The van der Waals surface area contributed by atoms with Crippen LogP contribution < -0.4 is 5.56 Å². The molecule has 0 radical (unpaired) electrons. The lowest BCUT2D eigenvalue weighted by atomic mass is 10.1. The van der Waals surface area contributed by atoms with E-state index in [0.29, 0.717) is 33.9 Å². The first-order valence-corrected chi connectivity index (χ1v) is 11.8. The van der Waals surface area contributed by atoms with Gasteiger partial charge in [0.15, 0.2) is 0 Å². The third-order valence-electron chi connectivity index (χ3n) is 5.93. The number of hydrogen-bond donors (Lipinski definition) is 0. The summed E-state index contributed by atoms with van der Waals surface area (Å²) < 4.78 is 1.65. The first-order valence-electron chi connectivity index (χ1n) is 11.4. The molecular weight excluding hydrogens is 446 g/mol. The van der Waals surface area contributed by atoms with Gasteiger partial charge in [0.2, 0.25) is 0 Å². The number of fused-ring (bicyclic) bond motifs is 1. The molecule has 0 aliphatic carbocycles. The fraction of sp³-hybridized carbons (Fsp3) is 0.250. The van der Waals surface area contributed by atoms with Crippen LogP contribution in [0.5, 0.6) is 0 Å². The van der Waals surface area contributed by atoms with E-state index in [9.17, 15) is 9.59 Å². The third-order valence-corrected chi connectivity index (χ3v) is 6.26. The molecule has 1 aromatic heterocycles. The molecule has 174 valence electrons. The van der Waals surface area contributed by atoms with Crippen molar-refractivity contribution in [3.8, 4) is 5.69 Å². The molecule has 6 heteroatoms. The standard InChI is InChI=1S/C28H28ClN3O2/c1-18(2)17-31(27(33)21-12-6-8-14-23(21)29)20(4)26-30-24-15-9-7-13-22(24)28(34)32(26)25-16-10-5-11-19(25)3/h5-16,18,20H,17H2,1-4H3. The van der Waals surface area contributed by atoms with Crippen molar-refractivity contribution in [3.05, 3.63) is 105 Å². The summed E-state index contributed by atoms with van der Waals surface area (Å²) in [6, 6.07) is 21.6. The minimum atomic E-state index is -0.483. The number of hydrogen-bond acceptors (Lipinski definition) is 3. The summed E-state index contributed by atoms with van der Waals surface area (Å²) in [6.07, 6.45) is 0. The molecule has 0 saturated carbocycles. The summed E-state index contributed by atoms with van der Waals surface area (Å²) >= 11 is 6.38. The van der Waals surface area contributed by atoms with Crippen LogP contribution in [0.25, 0.3) is 16.6 Å². The van der Waals surface area contributed by atoms with E-state index in [-0.39, 0.29) is 17.4 Å². The molecule has 5 nitrogen and oxygen atoms in total. The largest absolute Gasteiger partial charge is 0.328 e. The summed E-state index contributed by atoms with van der Waals surface area (Å²) in [4.78, 5) is 34.1. The van der Waals surface area contributed by atoms with Gasteiger partial charge in [0, 0.05) is 6.54 Å². The van der Waals surface area contributed by atoms with E-state index in [1.165, 1.54) is 0 Å². The highest BCUT2D eigenvalue weighted by molar-refractivity contribution is 6.33. The highest BCUT2D eigenvalue weighted by atomic mass is 35.5. The fourth-order valence-electron chi connectivity index (χ4n) is 4.22. The predicted octanol–water partition coefficient (Wildman–Crippen LogP) is 6.21. The Balaban J connectivity index is 1.95. The average molecular weight is 474 g/mol. The zero-order chi connectivity index (χ0) is 24.4. The second-order valence-corrected chi connectivity index (χ2v) is 9.33. The maximum Gasteiger partial charge on any atom is 0.266 e. The van der Waals surface area contributed by atoms with E-state index >= 15 is 0 Å². The Kier molecular flexibility index (Phi) is 6.85. The Morgan fingerprint density at radius 2 is 1.62 bits per heavy atom. The van der Waals surface area contributed by atoms with Gasteiger partial charge in [-0.2, -0.15) is 0 Å². The number of carbonyl (C=O) groups is 1. The van der Waals surface area contributed by atoms with Gasteiger partial charge in [-0.25, -0.2) is 4.98 Å². The molecule has 0 aliphatic rings. The maximum absolute atomic E-state index is 13.7. The Morgan fingerprint density at radius 1 is 0.971 bits per heavy atom. The third kappa shape index (κ3) is 4.48. The summed E-state index contributed by atoms with van der Waals surface area (Å²) in [5, 5.41) is 0.936. The first-order chi connectivity index (χ1) is 16.3. The highest BCUT2D eigenvalue weighted by Crippen LogP contribution is 2.28. The van der Waals surface area contributed by atoms with Crippen LogP contribution in [0, 0.1) is 12.8 Å². The zero-order valence-corrected chi connectivity index (χ0v) is 20.6. The molecule has 3 aromatic carbocycles. The number of aryl methyl sites for hydroxylation is 1. The highest BCUT2D eigenvalue weighted by Gasteiger charge is 2.29. The number of benzene rings is 3. The van der Waals surface area contributed by atoms with Gasteiger partial charge in [-0.15, -0.1) is 0 Å². The van der Waals surface area contributed by atoms with Crippen molar-refractivity contribution in [1.82, 2.24) is 14.5 Å². The minimum Gasteiger partial charge on any atom is -0.328 e. The van der Waals surface area contributed by atoms with Crippen LogP contribution in [0.15, 0.2) is 77.6 Å². The van der Waals surface area contributed by atoms with Crippen LogP contribution >= 0.6 is 11.6 Å². The SMILES string of the molecule is Cc1ccccc1-n1c(C(C)N(CC(C)C)C(=O)c2ccccc2Cl)nc2ccccc2c1=O. The van der Waals surface area contributed by atoms with Gasteiger partial charge >= 0.3 is 0 Å². The molecule has 0 saturated heterocycles. The summed E-state index contributed by atoms with van der Waals surface area (Å²) in [7, 11) is 0. The fourth-order valence-corrected chi connectivity index (χ4v) is 4.43. The lowest BCUT2D eigenvalue weighted by molar-refractivity contribution is 0.0655. The van der Waals surface area contributed by atoms with E-state index in [1.807, 2.05) is 56.3 Å². The quantitative estimate of drug-likeness (QED) is 0.334. The number of para-hydroxylation sites is 2. The second-order valence-electron chi connectivity index (χ2n) is 8.92. The Morgan fingerprint density at radius 3 is 2.32 bits per heavy atom. The minimum absolute atomic E-state index is 0.156. The van der Waals surface area contributed by atoms with Gasteiger partial charge in [-0.05, 0) is 55.7 Å². The Hall–Kier alpha value is -3.44. The van der Waals surface area contributed by atoms with Gasteiger partial charge in [0.25, 0.3) is 11.5 Å². The number of amides is 1. The summed E-state index contributed by atoms with van der Waals surface area (Å²) in [5.74, 6) is 0.526. The summed E-state index contributed by atoms with van der Waals surface area (Å²) in [5.41, 5.74) is 2.58. The Labute approximate surface area is 204 Å². The molecule has 1 unspecified atom stereocenters. The molecule has 0 bridgehead atoms. The van der Waals surface area contributed by atoms with Gasteiger partial charge in [-0.1, -0.05) is 67.9 Å². The molecule has 0 fully saturated rings. The summed E-state index contributed by atoms with van der Waals surface area (Å²) in [6.45, 7) is 8.49. The zero-order valence-electron chi connectivity index (χ0n) is 19.8. The molecule has 1 heterocycles. The Bertz CT molecular complexity index is 1410. The van der Waals surface area contributed by atoms with E-state index < -0.39 is 6.04 Å². The lowest BCUT2D eigenvalue weighted by Crippen LogP contribution is -2.39. The van der Waals surface area contributed by atoms with Crippen molar-refractivity contribution in [2.24, 2.45) is 5.92 Å². The molecule has 1 atom stereocenters. The van der Waals surface area contributed by atoms with Crippen molar-refractivity contribution in [2.45, 2.75) is 33.7 Å². The van der Waals surface area contributed by atoms with Crippen molar-refractivity contribution in [3.63, 3.8) is 0 Å². The average Bonchev–Trinajstić information content (AvgIpc) is 2.82. The molecule has 0 N–H and O–H groups in total. The van der Waals surface area contributed by atoms with Crippen LogP contribution in [0.4, 0.5) is 0 Å². The van der Waals surface area contributed by atoms with Gasteiger partial charge in [-0.3, -0.25) is 14.2 Å². The maximum atomic E-state index is 13.7. The van der Waals surface area contributed by atoms with Crippen LogP contribution in [0.2, 0.25) is 5.02 Å². The van der Waals surface area contributed by atoms with Crippen molar-refractivity contribution in [2.75, 3.05) is 6.54 Å². The number of carbonyl (C=O) groups excluding carboxylic acids is 1. The molecule has 4 aromatic rings. The molecule has 0 aliphatic heterocycles. The predicted molar refractivity (Wildman–Crippen MR) is 138 cm³/mol. The number of halogens is 1. The second kappa shape index (κ2) is 9.82. The van der Waals surface area contributed by atoms with Crippen LogP contribution in [-0.2, 0) is 0 Å². The van der Waals surface area contributed by atoms with Gasteiger partial charge in [0.1, 0.15) is 5.82 Å². The molecule has 4 rings (SSSR count). The lowest BCUT2D eigenvalue weighted by Gasteiger charge is -2.32. The molecule has 34 heavy (non-hydrogen) atoms. The number of aromatic nitrogens is 2. The molecule has 1 amide bonds. The number of rotatable bonds is 6. The number of nitrogens with zero attached hydrogens (tertiary/aromatic N) is 3. The topological polar surface area (TPSA) is 55.2 Å². The van der Waals surface area contributed by atoms with Crippen LogP contribution in [-0.4, -0.2) is 26.9 Å². The monoisotopic (exact) mass is 473 g/mol. The van der Waals surface area contributed by atoms with Gasteiger partial charge < -0.3 is 4.90 Å². The first kappa shape index (κ1) is 23.7. The van der Waals surface area contributed by atoms with E-state index in [2.05, 4.69) is 13.8 Å². The van der Waals surface area contributed by atoms with Crippen molar-refractivity contribution < 1.29 is 4.79 Å². The smallest absolute Gasteiger partial charge is 0.266 e. The van der Waals surface area contributed by atoms with Crippen LogP contribution in [0.1, 0.15) is 48.6 Å². The van der Waals surface area contributed by atoms with E-state index in [0.717, 1.165) is 11.3 Å². The normalized spacial score (nSPS) is 12.2. The molecule has 0 spiro atoms.